The van der Waals surface area contributed by atoms with Crippen molar-refractivity contribution in [2.45, 2.75) is 64.9 Å². The van der Waals surface area contributed by atoms with Crippen molar-refractivity contribution in [1.29, 1.82) is 0 Å². The van der Waals surface area contributed by atoms with Gasteiger partial charge in [-0.15, -0.1) is 0 Å². The Kier molecular flexibility index (Phi) is 4.02. The molecule has 0 aromatic heterocycles. The zero-order valence-electron chi connectivity index (χ0n) is 13.7. The fourth-order valence-electron chi connectivity index (χ4n) is 3.50. The predicted molar refractivity (Wildman–Crippen MR) is 86.9 cm³/mol. The van der Waals surface area contributed by atoms with Crippen molar-refractivity contribution in [3.8, 4) is 11.5 Å². The van der Waals surface area contributed by atoms with E-state index in [1.54, 1.807) is 0 Å². The van der Waals surface area contributed by atoms with Gasteiger partial charge in [-0.1, -0.05) is 19.0 Å². The summed E-state index contributed by atoms with van der Waals surface area (Å²) in [6.45, 7) is 6.59. The van der Waals surface area contributed by atoms with Crippen LogP contribution in [0.15, 0.2) is 11.2 Å². The van der Waals surface area contributed by atoms with Gasteiger partial charge in [0.1, 0.15) is 23.7 Å². The van der Waals surface area contributed by atoms with Crippen LogP contribution in [0.25, 0.3) is 0 Å². The van der Waals surface area contributed by atoms with Gasteiger partial charge in [0.05, 0.1) is 5.71 Å². The first-order chi connectivity index (χ1) is 10.6. The summed E-state index contributed by atoms with van der Waals surface area (Å²) in [5.41, 5.74) is 3.65. The van der Waals surface area contributed by atoms with Crippen LogP contribution in [-0.2, 0) is 17.7 Å². The standard InChI is InChI=1S/C18H25NO3/c1-4-12-10-15-16(13(5-2)17(12)20)14(19-21-6-3)11-18(22-15)8-7-9-18/h10,20H,4-9,11H2,1-3H3. The molecule has 2 aliphatic rings. The van der Waals surface area contributed by atoms with Crippen LogP contribution in [0.3, 0.4) is 0 Å². The van der Waals surface area contributed by atoms with Crippen LogP contribution in [-0.4, -0.2) is 23.0 Å². The Morgan fingerprint density at radius 1 is 1.27 bits per heavy atom. The third-order valence-corrected chi connectivity index (χ3v) is 4.85. The SMILES string of the molecule is CCON=C1CC2(CCC2)Oc2cc(CC)c(O)c(CC)c21. The van der Waals surface area contributed by atoms with E-state index < -0.39 is 0 Å². The fraction of sp³-hybridized carbons (Fsp3) is 0.611. The molecule has 1 fully saturated rings. The van der Waals surface area contributed by atoms with Gasteiger partial charge in [-0.25, -0.2) is 0 Å². The quantitative estimate of drug-likeness (QED) is 0.856. The van der Waals surface area contributed by atoms with E-state index in [0.29, 0.717) is 12.4 Å². The molecule has 1 aliphatic carbocycles. The minimum Gasteiger partial charge on any atom is -0.507 e. The summed E-state index contributed by atoms with van der Waals surface area (Å²) in [6, 6.07) is 1.99. The van der Waals surface area contributed by atoms with Gasteiger partial charge in [0.2, 0.25) is 0 Å². The minimum absolute atomic E-state index is 0.101. The normalized spacial score (nSPS) is 20.4. The molecule has 0 atom stereocenters. The van der Waals surface area contributed by atoms with Gasteiger partial charge >= 0.3 is 0 Å². The average Bonchev–Trinajstić information content (AvgIpc) is 2.50. The second-order valence-electron chi connectivity index (χ2n) is 6.21. The molecular formula is C18H25NO3. The Hall–Kier alpha value is -1.71. The topological polar surface area (TPSA) is 51.0 Å². The van der Waals surface area contributed by atoms with Crippen molar-refractivity contribution in [2.75, 3.05) is 6.61 Å². The smallest absolute Gasteiger partial charge is 0.130 e. The molecule has 0 bridgehead atoms. The molecule has 0 amide bonds. The lowest BCUT2D eigenvalue weighted by molar-refractivity contribution is -0.00624. The zero-order valence-corrected chi connectivity index (χ0v) is 13.7. The van der Waals surface area contributed by atoms with Crippen molar-refractivity contribution in [3.05, 3.63) is 22.8 Å². The molecule has 1 N–H and O–H groups in total. The number of fused-ring (bicyclic) bond motifs is 1. The van der Waals surface area contributed by atoms with E-state index in [-0.39, 0.29) is 5.60 Å². The molecule has 1 aromatic carbocycles. The lowest BCUT2D eigenvalue weighted by atomic mass is 9.73. The largest absolute Gasteiger partial charge is 0.507 e. The number of hydrogen-bond donors (Lipinski definition) is 1. The van der Waals surface area contributed by atoms with E-state index in [2.05, 4.69) is 19.0 Å². The molecule has 3 rings (SSSR count). The van der Waals surface area contributed by atoms with E-state index in [1.807, 2.05) is 13.0 Å². The molecule has 0 radical (unpaired) electrons. The Morgan fingerprint density at radius 2 is 2.05 bits per heavy atom. The summed E-state index contributed by atoms with van der Waals surface area (Å²) in [4.78, 5) is 5.34. The van der Waals surface area contributed by atoms with Crippen LogP contribution in [0.1, 0.15) is 63.1 Å². The zero-order chi connectivity index (χ0) is 15.7. The van der Waals surface area contributed by atoms with E-state index in [0.717, 1.165) is 60.3 Å². The Balaban J connectivity index is 2.15. The van der Waals surface area contributed by atoms with Crippen LogP contribution < -0.4 is 4.74 Å². The highest BCUT2D eigenvalue weighted by Gasteiger charge is 2.45. The molecule has 1 heterocycles. The highest BCUT2D eigenvalue weighted by molar-refractivity contribution is 6.06. The number of aromatic hydroxyl groups is 1. The Morgan fingerprint density at radius 3 is 2.59 bits per heavy atom. The first kappa shape index (κ1) is 15.2. The number of ether oxygens (including phenoxy) is 1. The van der Waals surface area contributed by atoms with Gasteiger partial charge in [-0.3, -0.25) is 0 Å². The highest BCUT2D eigenvalue weighted by atomic mass is 16.6. The first-order valence-corrected chi connectivity index (χ1v) is 8.40. The average molecular weight is 303 g/mol. The summed E-state index contributed by atoms with van der Waals surface area (Å²) in [6.07, 6.45) is 5.67. The second kappa shape index (κ2) is 5.82. The molecule has 1 spiro atoms. The van der Waals surface area contributed by atoms with Crippen molar-refractivity contribution in [2.24, 2.45) is 5.16 Å². The van der Waals surface area contributed by atoms with Crippen LogP contribution in [0.2, 0.25) is 0 Å². The first-order valence-electron chi connectivity index (χ1n) is 8.40. The molecule has 4 nitrogen and oxygen atoms in total. The number of hydrogen-bond acceptors (Lipinski definition) is 4. The van der Waals surface area contributed by atoms with E-state index in [4.69, 9.17) is 9.57 Å². The third kappa shape index (κ3) is 2.34. The van der Waals surface area contributed by atoms with Gasteiger partial charge in [0.25, 0.3) is 0 Å². The molecule has 0 saturated heterocycles. The molecule has 120 valence electrons. The van der Waals surface area contributed by atoms with Gasteiger partial charge < -0.3 is 14.7 Å². The number of phenols is 1. The number of oxime groups is 1. The number of aryl methyl sites for hydroxylation is 1. The van der Waals surface area contributed by atoms with Gasteiger partial charge in [0.15, 0.2) is 0 Å². The van der Waals surface area contributed by atoms with E-state index in [1.165, 1.54) is 6.42 Å². The third-order valence-electron chi connectivity index (χ3n) is 4.85. The van der Waals surface area contributed by atoms with Crippen LogP contribution >= 0.6 is 0 Å². The van der Waals surface area contributed by atoms with Gasteiger partial charge in [-0.05, 0) is 50.7 Å². The molecule has 1 aliphatic heterocycles. The van der Waals surface area contributed by atoms with Crippen molar-refractivity contribution < 1.29 is 14.7 Å². The minimum atomic E-state index is -0.101. The van der Waals surface area contributed by atoms with Crippen molar-refractivity contribution in [1.82, 2.24) is 0 Å². The lowest BCUT2D eigenvalue weighted by Gasteiger charge is -2.45. The molecular weight excluding hydrogens is 278 g/mol. The Labute approximate surface area is 132 Å². The Bertz CT molecular complexity index is 603. The molecule has 0 unspecified atom stereocenters. The van der Waals surface area contributed by atoms with Crippen molar-refractivity contribution >= 4 is 5.71 Å². The van der Waals surface area contributed by atoms with Gasteiger partial charge in [0, 0.05) is 17.5 Å². The van der Waals surface area contributed by atoms with Crippen molar-refractivity contribution in [3.63, 3.8) is 0 Å². The lowest BCUT2D eigenvalue weighted by Crippen LogP contribution is -2.48. The van der Waals surface area contributed by atoms with Crippen LogP contribution in [0.4, 0.5) is 0 Å². The maximum Gasteiger partial charge on any atom is 0.130 e. The van der Waals surface area contributed by atoms with Crippen LogP contribution in [0, 0.1) is 0 Å². The van der Waals surface area contributed by atoms with Gasteiger partial charge in [-0.2, -0.15) is 0 Å². The number of benzene rings is 1. The van der Waals surface area contributed by atoms with E-state index in [9.17, 15) is 5.11 Å². The summed E-state index contributed by atoms with van der Waals surface area (Å²) < 4.78 is 6.36. The predicted octanol–water partition coefficient (Wildman–Crippen LogP) is 3.96. The highest BCUT2D eigenvalue weighted by Crippen LogP contribution is 2.48. The number of nitrogens with zero attached hydrogens (tertiary/aromatic N) is 1. The summed E-state index contributed by atoms with van der Waals surface area (Å²) in [7, 11) is 0. The molecule has 22 heavy (non-hydrogen) atoms. The van der Waals surface area contributed by atoms with Crippen LogP contribution in [0.5, 0.6) is 11.5 Å². The molecule has 1 aromatic rings. The number of phenolic OH excluding ortho intramolecular Hbond substituents is 1. The second-order valence-corrected chi connectivity index (χ2v) is 6.21. The summed E-state index contributed by atoms with van der Waals surface area (Å²) in [5, 5.41) is 14.9. The maximum absolute atomic E-state index is 10.5. The molecule has 1 saturated carbocycles. The monoisotopic (exact) mass is 303 g/mol. The summed E-state index contributed by atoms with van der Waals surface area (Å²) >= 11 is 0. The summed E-state index contributed by atoms with van der Waals surface area (Å²) in [5.74, 6) is 1.26. The molecule has 4 heteroatoms. The fourth-order valence-corrected chi connectivity index (χ4v) is 3.50. The number of rotatable bonds is 4. The maximum atomic E-state index is 10.5. The van der Waals surface area contributed by atoms with E-state index >= 15 is 0 Å².